The van der Waals surface area contributed by atoms with Gasteiger partial charge < -0.3 is 15.5 Å². The summed E-state index contributed by atoms with van der Waals surface area (Å²) in [5, 5.41) is 20.8. The molecule has 0 aliphatic rings. The van der Waals surface area contributed by atoms with E-state index in [4.69, 9.17) is 5.11 Å². The number of rotatable bonds is 6. The molecule has 21 heavy (non-hydrogen) atoms. The molecule has 5 heteroatoms. The number of benzene rings is 1. The number of aliphatic hydroxyl groups excluding tert-OH is 1. The van der Waals surface area contributed by atoms with Gasteiger partial charge in [0.1, 0.15) is 0 Å². The quantitative estimate of drug-likeness (QED) is 0.749. The molecule has 0 aromatic heterocycles. The molecule has 1 atom stereocenters. The number of carbonyl (C=O) groups excluding carboxylic acids is 1. The maximum absolute atomic E-state index is 12.0. The van der Waals surface area contributed by atoms with Crippen molar-refractivity contribution in [2.75, 3.05) is 6.54 Å². The van der Waals surface area contributed by atoms with Gasteiger partial charge in [-0.3, -0.25) is 9.59 Å². The second-order valence-corrected chi connectivity index (χ2v) is 6.37. The van der Waals surface area contributed by atoms with E-state index in [1.54, 1.807) is 24.3 Å². The summed E-state index contributed by atoms with van der Waals surface area (Å²) in [6, 6.07) is 6.55. The van der Waals surface area contributed by atoms with Crippen LogP contribution in [0.4, 0.5) is 0 Å². The number of aliphatic carboxylic acids is 1. The predicted octanol–water partition coefficient (Wildman–Crippen LogP) is 2.05. The SMILES string of the molecule is CC(C)(C)CC(CNC(=O)c1ccc(CO)cc1)C(=O)O. The number of hydrogen-bond acceptors (Lipinski definition) is 3. The number of nitrogens with one attached hydrogen (secondary N) is 1. The first-order valence-corrected chi connectivity index (χ1v) is 6.94. The van der Waals surface area contributed by atoms with Gasteiger partial charge in [-0.25, -0.2) is 0 Å². The molecule has 3 N–H and O–H groups in total. The summed E-state index contributed by atoms with van der Waals surface area (Å²) in [5.41, 5.74) is 1.06. The minimum atomic E-state index is -0.902. The number of hydrogen-bond donors (Lipinski definition) is 3. The Kier molecular flexibility index (Phi) is 5.90. The van der Waals surface area contributed by atoms with Gasteiger partial charge in [0, 0.05) is 12.1 Å². The van der Waals surface area contributed by atoms with Crippen molar-refractivity contribution in [2.45, 2.75) is 33.8 Å². The van der Waals surface area contributed by atoms with E-state index >= 15 is 0 Å². The van der Waals surface area contributed by atoms with Crippen LogP contribution in [0.5, 0.6) is 0 Å². The smallest absolute Gasteiger partial charge is 0.308 e. The van der Waals surface area contributed by atoms with Crippen LogP contribution in [0.2, 0.25) is 0 Å². The Balaban J connectivity index is 2.62. The fourth-order valence-electron chi connectivity index (χ4n) is 2.07. The van der Waals surface area contributed by atoms with Gasteiger partial charge in [0.05, 0.1) is 12.5 Å². The van der Waals surface area contributed by atoms with Crippen LogP contribution in [0.25, 0.3) is 0 Å². The lowest BCUT2D eigenvalue weighted by molar-refractivity contribution is -0.142. The van der Waals surface area contributed by atoms with Crippen LogP contribution in [0.1, 0.15) is 43.1 Å². The third-order valence-electron chi connectivity index (χ3n) is 3.12. The Morgan fingerprint density at radius 1 is 1.19 bits per heavy atom. The molecule has 0 aliphatic heterocycles. The first-order valence-electron chi connectivity index (χ1n) is 6.94. The third-order valence-corrected chi connectivity index (χ3v) is 3.12. The summed E-state index contributed by atoms with van der Waals surface area (Å²) in [4.78, 5) is 23.2. The van der Waals surface area contributed by atoms with E-state index < -0.39 is 11.9 Å². The average molecular weight is 293 g/mol. The van der Waals surface area contributed by atoms with Crippen molar-refractivity contribution in [3.05, 3.63) is 35.4 Å². The lowest BCUT2D eigenvalue weighted by atomic mass is 9.84. The molecule has 0 saturated carbocycles. The lowest BCUT2D eigenvalue weighted by Crippen LogP contribution is -2.35. The monoisotopic (exact) mass is 293 g/mol. The first kappa shape index (κ1) is 17.2. The zero-order valence-electron chi connectivity index (χ0n) is 12.7. The molecule has 1 unspecified atom stereocenters. The van der Waals surface area contributed by atoms with Gasteiger partial charge in [-0.05, 0) is 29.5 Å². The highest BCUT2D eigenvalue weighted by Gasteiger charge is 2.25. The zero-order valence-corrected chi connectivity index (χ0v) is 12.7. The highest BCUT2D eigenvalue weighted by atomic mass is 16.4. The van der Waals surface area contributed by atoms with Crippen LogP contribution in [0.3, 0.4) is 0 Å². The van der Waals surface area contributed by atoms with Gasteiger partial charge in [-0.2, -0.15) is 0 Å². The number of carbonyl (C=O) groups is 2. The van der Waals surface area contributed by atoms with E-state index in [2.05, 4.69) is 5.32 Å². The van der Waals surface area contributed by atoms with Gasteiger partial charge in [-0.15, -0.1) is 0 Å². The molecule has 1 rings (SSSR count). The summed E-state index contributed by atoms with van der Waals surface area (Å²) in [7, 11) is 0. The summed E-state index contributed by atoms with van der Waals surface area (Å²) in [5.74, 6) is -1.81. The summed E-state index contributed by atoms with van der Waals surface area (Å²) < 4.78 is 0. The maximum atomic E-state index is 12.0. The minimum absolute atomic E-state index is 0.0748. The standard InChI is InChI=1S/C16H23NO4/c1-16(2,3)8-13(15(20)21)9-17-14(19)12-6-4-11(10-18)5-7-12/h4-7,13,18H,8-10H2,1-3H3,(H,17,19)(H,20,21). The Labute approximate surface area is 125 Å². The summed E-state index contributed by atoms with van der Waals surface area (Å²) in [6.45, 7) is 5.94. The number of amides is 1. The number of carboxylic acids is 1. The Morgan fingerprint density at radius 3 is 2.19 bits per heavy atom. The van der Waals surface area contributed by atoms with Crippen molar-refractivity contribution in [3.63, 3.8) is 0 Å². The van der Waals surface area contributed by atoms with Gasteiger partial charge in [-0.1, -0.05) is 32.9 Å². The van der Waals surface area contributed by atoms with Crippen LogP contribution in [0.15, 0.2) is 24.3 Å². The number of aliphatic hydroxyl groups is 1. The fourth-order valence-corrected chi connectivity index (χ4v) is 2.07. The van der Waals surface area contributed by atoms with E-state index in [-0.39, 0.29) is 24.5 Å². The molecule has 1 aromatic carbocycles. The summed E-state index contributed by atoms with van der Waals surface area (Å²) >= 11 is 0. The highest BCUT2D eigenvalue weighted by Crippen LogP contribution is 2.24. The maximum Gasteiger partial charge on any atom is 0.308 e. The van der Waals surface area contributed by atoms with Crippen LogP contribution in [-0.4, -0.2) is 28.6 Å². The van der Waals surface area contributed by atoms with Crippen LogP contribution >= 0.6 is 0 Å². The van der Waals surface area contributed by atoms with Crippen molar-refractivity contribution in [1.29, 1.82) is 0 Å². The van der Waals surface area contributed by atoms with Crippen molar-refractivity contribution in [2.24, 2.45) is 11.3 Å². The Bertz CT molecular complexity index is 488. The van der Waals surface area contributed by atoms with Gasteiger partial charge in [0.15, 0.2) is 0 Å². The first-order chi connectivity index (χ1) is 9.73. The molecule has 1 aromatic rings. The highest BCUT2D eigenvalue weighted by molar-refractivity contribution is 5.94. The predicted molar refractivity (Wildman–Crippen MR) is 79.9 cm³/mol. The van der Waals surface area contributed by atoms with Crippen LogP contribution in [0, 0.1) is 11.3 Å². The number of carboxylic acid groups (broad SMARTS) is 1. The Morgan fingerprint density at radius 2 is 1.76 bits per heavy atom. The Hall–Kier alpha value is -1.88. The molecule has 0 spiro atoms. The van der Waals surface area contributed by atoms with Crippen LogP contribution in [-0.2, 0) is 11.4 Å². The fraction of sp³-hybridized carbons (Fsp3) is 0.500. The van der Waals surface area contributed by atoms with E-state index in [0.717, 1.165) is 5.56 Å². The second-order valence-electron chi connectivity index (χ2n) is 6.37. The van der Waals surface area contributed by atoms with E-state index in [1.165, 1.54) is 0 Å². The van der Waals surface area contributed by atoms with Gasteiger partial charge in [0.25, 0.3) is 5.91 Å². The minimum Gasteiger partial charge on any atom is -0.481 e. The van der Waals surface area contributed by atoms with Crippen LogP contribution < -0.4 is 5.32 Å². The normalized spacial score (nSPS) is 12.8. The molecular weight excluding hydrogens is 270 g/mol. The molecule has 5 nitrogen and oxygen atoms in total. The second kappa shape index (κ2) is 7.22. The molecule has 0 radical (unpaired) electrons. The average Bonchev–Trinajstić information content (AvgIpc) is 2.41. The van der Waals surface area contributed by atoms with Gasteiger partial charge >= 0.3 is 5.97 Å². The zero-order chi connectivity index (χ0) is 16.0. The molecule has 0 saturated heterocycles. The van der Waals surface area contributed by atoms with Crippen molar-refractivity contribution < 1.29 is 19.8 Å². The topological polar surface area (TPSA) is 86.6 Å². The molecule has 0 aliphatic carbocycles. The molecule has 1 amide bonds. The van der Waals surface area contributed by atoms with Gasteiger partial charge in [0.2, 0.25) is 0 Å². The van der Waals surface area contributed by atoms with Crippen molar-refractivity contribution in [3.8, 4) is 0 Å². The molecular formula is C16H23NO4. The molecule has 0 heterocycles. The van der Waals surface area contributed by atoms with E-state index in [0.29, 0.717) is 12.0 Å². The third kappa shape index (κ3) is 5.95. The lowest BCUT2D eigenvalue weighted by Gasteiger charge is -2.23. The molecule has 0 bridgehead atoms. The molecule has 0 fully saturated rings. The van der Waals surface area contributed by atoms with Crippen molar-refractivity contribution >= 4 is 11.9 Å². The molecule has 116 valence electrons. The van der Waals surface area contributed by atoms with Crippen molar-refractivity contribution in [1.82, 2.24) is 5.32 Å². The summed E-state index contributed by atoms with van der Waals surface area (Å²) in [6.07, 6.45) is 0.492. The largest absolute Gasteiger partial charge is 0.481 e. The van der Waals surface area contributed by atoms with E-state index in [1.807, 2.05) is 20.8 Å². The van der Waals surface area contributed by atoms with E-state index in [9.17, 15) is 14.7 Å².